The van der Waals surface area contributed by atoms with Gasteiger partial charge in [0.25, 0.3) is 0 Å². The van der Waals surface area contributed by atoms with Gasteiger partial charge in [0.1, 0.15) is 0 Å². The SMILES string of the molecule is c1ccc(-c2cccc(-c3ccc(N(c4ccccc4)c4ccc(-n5c6ccccc6c6ccc7ccccc7c65)cc4)cc3)c2)cc1. The molecular weight excluding hydrogens is 581 g/mol. The number of hydrogen-bond acceptors (Lipinski definition) is 1. The molecule has 0 aliphatic heterocycles. The maximum atomic E-state index is 2.42. The van der Waals surface area contributed by atoms with Gasteiger partial charge >= 0.3 is 0 Å². The fraction of sp³-hybridized carbons (Fsp3) is 0. The highest BCUT2D eigenvalue weighted by atomic mass is 15.1. The van der Waals surface area contributed by atoms with E-state index in [1.165, 1.54) is 54.8 Å². The second kappa shape index (κ2) is 11.8. The van der Waals surface area contributed by atoms with Crippen LogP contribution < -0.4 is 4.90 Å². The van der Waals surface area contributed by atoms with E-state index in [-0.39, 0.29) is 0 Å². The minimum Gasteiger partial charge on any atom is -0.311 e. The summed E-state index contributed by atoms with van der Waals surface area (Å²) >= 11 is 0. The summed E-state index contributed by atoms with van der Waals surface area (Å²) in [7, 11) is 0. The van der Waals surface area contributed by atoms with Crippen molar-refractivity contribution >= 4 is 49.6 Å². The van der Waals surface area contributed by atoms with Gasteiger partial charge in [0, 0.05) is 38.9 Å². The first kappa shape index (κ1) is 27.9. The number of hydrogen-bond donors (Lipinski definition) is 0. The number of aromatic nitrogens is 1. The van der Waals surface area contributed by atoms with Gasteiger partial charge in [-0.15, -0.1) is 0 Å². The summed E-state index contributed by atoms with van der Waals surface area (Å²) in [5, 5.41) is 5.04. The van der Waals surface area contributed by atoms with Crippen LogP contribution in [-0.2, 0) is 0 Å². The van der Waals surface area contributed by atoms with Gasteiger partial charge in [-0.2, -0.15) is 0 Å². The van der Waals surface area contributed by atoms with E-state index in [1.807, 2.05) is 0 Å². The Bertz CT molecular complexity index is 2530. The van der Waals surface area contributed by atoms with Crippen LogP contribution in [0.25, 0.3) is 60.5 Å². The van der Waals surface area contributed by atoms with Crippen LogP contribution in [-0.4, -0.2) is 4.57 Å². The van der Waals surface area contributed by atoms with E-state index in [2.05, 4.69) is 204 Å². The third-order valence-electron chi connectivity index (χ3n) is 9.37. The molecule has 48 heavy (non-hydrogen) atoms. The Morgan fingerprint density at radius 3 is 1.60 bits per heavy atom. The molecule has 0 saturated heterocycles. The van der Waals surface area contributed by atoms with Crippen LogP contribution in [0.3, 0.4) is 0 Å². The normalized spacial score (nSPS) is 11.3. The van der Waals surface area contributed by atoms with Crippen molar-refractivity contribution in [2.24, 2.45) is 0 Å². The van der Waals surface area contributed by atoms with E-state index in [0.29, 0.717) is 0 Å². The first-order valence-electron chi connectivity index (χ1n) is 16.4. The third kappa shape index (κ3) is 4.83. The van der Waals surface area contributed by atoms with E-state index >= 15 is 0 Å². The van der Waals surface area contributed by atoms with Gasteiger partial charge in [-0.3, -0.25) is 0 Å². The van der Waals surface area contributed by atoms with Gasteiger partial charge in [0.05, 0.1) is 11.0 Å². The van der Waals surface area contributed by atoms with Crippen LogP contribution >= 0.6 is 0 Å². The van der Waals surface area contributed by atoms with Crippen LogP contribution in [0.2, 0.25) is 0 Å². The summed E-state index contributed by atoms with van der Waals surface area (Å²) in [6.07, 6.45) is 0. The maximum absolute atomic E-state index is 2.42. The van der Waals surface area contributed by atoms with Crippen LogP contribution in [0.15, 0.2) is 194 Å². The van der Waals surface area contributed by atoms with E-state index in [0.717, 1.165) is 22.7 Å². The van der Waals surface area contributed by atoms with Gasteiger partial charge in [-0.25, -0.2) is 0 Å². The molecule has 1 aromatic heterocycles. The average Bonchev–Trinajstić information content (AvgIpc) is 3.51. The highest BCUT2D eigenvalue weighted by molar-refractivity contribution is 6.18. The molecule has 0 radical (unpaired) electrons. The number of para-hydroxylation sites is 2. The molecule has 0 bridgehead atoms. The van der Waals surface area contributed by atoms with Crippen LogP contribution in [0.1, 0.15) is 0 Å². The second-order valence-corrected chi connectivity index (χ2v) is 12.2. The lowest BCUT2D eigenvalue weighted by atomic mass is 9.99. The van der Waals surface area contributed by atoms with E-state index in [9.17, 15) is 0 Å². The lowest BCUT2D eigenvalue weighted by molar-refractivity contribution is 1.18. The molecule has 0 aliphatic carbocycles. The Morgan fingerprint density at radius 1 is 0.333 bits per heavy atom. The molecule has 8 aromatic carbocycles. The highest BCUT2D eigenvalue weighted by Gasteiger charge is 2.17. The molecular formula is C46H32N2. The van der Waals surface area contributed by atoms with Crippen LogP contribution in [0, 0.1) is 0 Å². The Hall–Kier alpha value is -6.38. The van der Waals surface area contributed by atoms with E-state index in [1.54, 1.807) is 0 Å². The zero-order valence-corrected chi connectivity index (χ0v) is 26.4. The third-order valence-corrected chi connectivity index (χ3v) is 9.37. The van der Waals surface area contributed by atoms with Gasteiger partial charge < -0.3 is 9.47 Å². The first-order chi connectivity index (χ1) is 23.8. The standard InChI is InChI=1S/C46H32N2/c1-3-12-33(13-4-1)36-15-11-16-37(32-36)34-22-25-39(26-23-34)47(38-17-5-2-6-18-38)40-27-29-41(30-28-40)48-45-21-10-9-20-43(45)44-31-24-35-14-7-8-19-42(35)46(44)48/h1-32H. The quantitative estimate of drug-likeness (QED) is 0.181. The predicted octanol–water partition coefficient (Wildman–Crippen LogP) is 12.7. The van der Waals surface area contributed by atoms with E-state index in [4.69, 9.17) is 0 Å². The number of rotatable bonds is 6. The second-order valence-electron chi connectivity index (χ2n) is 12.2. The largest absolute Gasteiger partial charge is 0.311 e. The molecule has 9 aromatic rings. The molecule has 0 atom stereocenters. The molecule has 0 saturated carbocycles. The maximum Gasteiger partial charge on any atom is 0.0619 e. The first-order valence-corrected chi connectivity index (χ1v) is 16.4. The summed E-state index contributed by atoms with van der Waals surface area (Å²) in [5.74, 6) is 0. The Balaban J connectivity index is 1.12. The van der Waals surface area contributed by atoms with Crippen LogP contribution in [0.4, 0.5) is 17.1 Å². The molecule has 2 heteroatoms. The highest BCUT2D eigenvalue weighted by Crippen LogP contribution is 2.39. The number of benzene rings is 8. The lowest BCUT2D eigenvalue weighted by Crippen LogP contribution is -2.10. The zero-order chi connectivity index (χ0) is 31.9. The monoisotopic (exact) mass is 612 g/mol. The van der Waals surface area contributed by atoms with Gasteiger partial charge in [0.2, 0.25) is 0 Å². The van der Waals surface area contributed by atoms with Crippen LogP contribution in [0.5, 0.6) is 0 Å². The van der Waals surface area contributed by atoms with Gasteiger partial charge in [-0.05, 0) is 88.3 Å². The van der Waals surface area contributed by atoms with Gasteiger partial charge in [-0.1, -0.05) is 133 Å². The number of fused-ring (bicyclic) bond motifs is 5. The fourth-order valence-corrected chi connectivity index (χ4v) is 7.09. The molecule has 1 heterocycles. The Labute approximate surface area is 280 Å². The predicted molar refractivity (Wildman–Crippen MR) is 204 cm³/mol. The molecule has 0 spiro atoms. The summed E-state index contributed by atoms with van der Waals surface area (Å²) in [6.45, 7) is 0. The van der Waals surface area contributed by atoms with Crippen molar-refractivity contribution in [2.45, 2.75) is 0 Å². The van der Waals surface area contributed by atoms with Gasteiger partial charge in [0.15, 0.2) is 0 Å². The average molecular weight is 613 g/mol. The minimum absolute atomic E-state index is 1.11. The smallest absolute Gasteiger partial charge is 0.0619 e. The molecule has 226 valence electrons. The van der Waals surface area contributed by atoms with Crippen molar-refractivity contribution < 1.29 is 0 Å². The molecule has 0 N–H and O–H groups in total. The molecule has 0 aliphatic rings. The summed E-state index contributed by atoms with van der Waals surface area (Å²) in [5.41, 5.74) is 11.8. The molecule has 2 nitrogen and oxygen atoms in total. The molecule has 0 fully saturated rings. The summed E-state index contributed by atoms with van der Waals surface area (Å²) < 4.78 is 2.42. The summed E-state index contributed by atoms with van der Waals surface area (Å²) in [4.78, 5) is 2.33. The number of anilines is 3. The topological polar surface area (TPSA) is 8.17 Å². The Morgan fingerprint density at radius 2 is 0.875 bits per heavy atom. The minimum atomic E-state index is 1.11. The Kier molecular flexibility index (Phi) is 6.84. The molecule has 9 rings (SSSR count). The molecule has 0 amide bonds. The van der Waals surface area contributed by atoms with Crippen molar-refractivity contribution in [3.05, 3.63) is 194 Å². The van der Waals surface area contributed by atoms with Crippen molar-refractivity contribution in [1.29, 1.82) is 0 Å². The summed E-state index contributed by atoms with van der Waals surface area (Å²) in [6, 6.07) is 69.8. The van der Waals surface area contributed by atoms with Crippen molar-refractivity contribution in [2.75, 3.05) is 4.90 Å². The number of nitrogens with zero attached hydrogens (tertiary/aromatic N) is 2. The van der Waals surface area contributed by atoms with Crippen molar-refractivity contribution in [3.63, 3.8) is 0 Å². The van der Waals surface area contributed by atoms with Crippen molar-refractivity contribution in [3.8, 4) is 27.9 Å². The zero-order valence-electron chi connectivity index (χ0n) is 26.4. The fourth-order valence-electron chi connectivity index (χ4n) is 7.09. The molecule has 0 unspecified atom stereocenters. The lowest BCUT2D eigenvalue weighted by Gasteiger charge is -2.26. The van der Waals surface area contributed by atoms with Crippen molar-refractivity contribution in [1.82, 2.24) is 4.57 Å². The van der Waals surface area contributed by atoms with E-state index < -0.39 is 0 Å².